The van der Waals surface area contributed by atoms with E-state index in [-0.39, 0.29) is 12.0 Å². The number of benzene rings is 1. The molecule has 0 bridgehead atoms. The molecule has 2 saturated heterocycles. The van der Waals surface area contributed by atoms with E-state index in [1.54, 1.807) is 18.6 Å². The number of carbonyl (C=O) groups is 1. The molecule has 0 aliphatic carbocycles. The van der Waals surface area contributed by atoms with Gasteiger partial charge in [-0.05, 0) is 24.3 Å². The maximum atomic E-state index is 12.7. The van der Waals surface area contributed by atoms with Gasteiger partial charge < -0.3 is 19.3 Å². The Bertz CT molecular complexity index is 732. The summed E-state index contributed by atoms with van der Waals surface area (Å²) in [4.78, 5) is 25.0. The van der Waals surface area contributed by atoms with Crippen LogP contribution in [0.2, 0.25) is 0 Å². The molecule has 1 amide bonds. The van der Waals surface area contributed by atoms with Gasteiger partial charge in [0.1, 0.15) is 6.10 Å². The van der Waals surface area contributed by atoms with Crippen LogP contribution in [0.3, 0.4) is 0 Å². The topological polar surface area (TPSA) is 67.8 Å². The third kappa shape index (κ3) is 3.77. The van der Waals surface area contributed by atoms with Gasteiger partial charge in [-0.1, -0.05) is 0 Å². The predicted octanol–water partition coefficient (Wildman–Crippen LogP) is 1.61. The molecule has 7 nitrogen and oxygen atoms in total. The molecule has 2 aliphatic rings. The van der Waals surface area contributed by atoms with Gasteiger partial charge in [0.2, 0.25) is 5.88 Å². The second-order valence-electron chi connectivity index (χ2n) is 6.47. The molecule has 3 heterocycles. The van der Waals surface area contributed by atoms with Gasteiger partial charge in [-0.2, -0.15) is 0 Å². The van der Waals surface area contributed by atoms with Crippen LogP contribution in [0.1, 0.15) is 16.8 Å². The van der Waals surface area contributed by atoms with Crippen LogP contribution in [0.15, 0.2) is 42.9 Å². The monoisotopic (exact) mass is 354 g/mol. The first-order valence-corrected chi connectivity index (χ1v) is 8.94. The Morgan fingerprint density at radius 2 is 1.92 bits per heavy atom. The van der Waals surface area contributed by atoms with Crippen molar-refractivity contribution in [2.24, 2.45) is 0 Å². The summed E-state index contributed by atoms with van der Waals surface area (Å²) in [5.41, 5.74) is 1.84. The molecule has 0 spiro atoms. The van der Waals surface area contributed by atoms with Crippen molar-refractivity contribution in [3.63, 3.8) is 0 Å². The second-order valence-corrected chi connectivity index (χ2v) is 6.47. The average Bonchev–Trinajstić information content (AvgIpc) is 3.17. The number of rotatable bonds is 4. The largest absolute Gasteiger partial charge is 0.471 e. The summed E-state index contributed by atoms with van der Waals surface area (Å²) in [7, 11) is 0. The van der Waals surface area contributed by atoms with Crippen molar-refractivity contribution in [2.45, 2.75) is 12.5 Å². The lowest BCUT2D eigenvalue weighted by molar-refractivity contribution is 0.0771. The van der Waals surface area contributed by atoms with E-state index in [2.05, 4.69) is 14.9 Å². The average molecular weight is 354 g/mol. The molecule has 2 fully saturated rings. The Morgan fingerprint density at radius 1 is 1.12 bits per heavy atom. The molecule has 26 heavy (non-hydrogen) atoms. The van der Waals surface area contributed by atoms with E-state index in [0.29, 0.717) is 24.5 Å². The fourth-order valence-electron chi connectivity index (χ4n) is 3.34. The molecule has 0 N–H and O–H groups in total. The minimum absolute atomic E-state index is 0.0386. The number of hydrogen-bond acceptors (Lipinski definition) is 6. The quantitative estimate of drug-likeness (QED) is 0.831. The van der Waals surface area contributed by atoms with Gasteiger partial charge in [-0.15, -0.1) is 0 Å². The van der Waals surface area contributed by atoms with E-state index in [1.807, 2.05) is 29.2 Å². The summed E-state index contributed by atoms with van der Waals surface area (Å²) in [5, 5.41) is 0. The molecular weight excluding hydrogens is 332 g/mol. The molecule has 1 aromatic carbocycles. The molecule has 0 radical (unpaired) electrons. The van der Waals surface area contributed by atoms with Gasteiger partial charge in [0.25, 0.3) is 5.91 Å². The van der Waals surface area contributed by atoms with Gasteiger partial charge in [0.05, 0.1) is 26.0 Å². The van der Waals surface area contributed by atoms with Crippen LogP contribution in [0.4, 0.5) is 5.69 Å². The second kappa shape index (κ2) is 7.70. The maximum Gasteiger partial charge on any atom is 0.253 e. The highest BCUT2D eigenvalue weighted by atomic mass is 16.5. The van der Waals surface area contributed by atoms with Crippen molar-refractivity contribution >= 4 is 11.6 Å². The molecule has 1 atom stereocenters. The third-order valence-electron chi connectivity index (χ3n) is 4.75. The fourth-order valence-corrected chi connectivity index (χ4v) is 3.34. The Labute approximate surface area is 152 Å². The molecular formula is C19H22N4O3. The van der Waals surface area contributed by atoms with Crippen molar-refractivity contribution < 1.29 is 14.3 Å². The number of anilines is 1. The minimum Gasteiger partial charge on any atom is -0.471 e. The number of aromatic nitrogens is 2. The summed E-state index contributed by atoms with van der Waals surface area (Å²) in [6, 6.07) is 7.85. The van der Waals surface area contributed by atoms with Crippen molar-refractivity contribution in [3.8, 4) is 5.88 Å². The van der Waals surface area contributed by atoms with Crippen molar-refractivity contribution in [1.82, 2.24) is 14.9 Å². The van der Waals surface area contributed by atoms with Crippen molar-refractivity contribution in [1.29, 1.82) is 0 Å². The first-order chi connectivity index (χ1) is 12.8. The summed E-state index contributed by atoms with van der Waals surface area (Å²) in [6.45, 7) is 4.54. The summed E-state index contributed by atoms with van der Waals surface area (Å²) < 4.78 is 11.2. The van der Waals surface area contributed by atoms with Gasteiger partial charge in [0.15, 0.2) is 0 Å². The van der Waals surface area contributed by atoms with E-state index >= 15 is 0 Å². The zero-order valence-electron chi connectivity index (χ0n) is 14.6. The normalized spacial score (nSPS) is 20.2. The lowest BCUT2D eigenvalue weighted by atomic mass is 10.1. The lowest BCUT2D eigenvalue weighted by Crippen LogP contribution is -2.36. The first-order valence-electron chi connectivity index (χ1n) is 8.94. The van der Waals surface area contributed by atoms with Crippen LogP contribution in [0, 0.1) is 0 Å². The molecule has 1 aromatic heterocycles. The number of amides is 1. The molecule has 0 unspecified atom stereocenters. The van der Waals surface area contributed by atoms with Crippen LogP contribution in [-0.4, -0.2) is 66.3 Å². The third-order valence-corrected chi connectivity index (χ3v) is 4.75. The van der Waals surface area contributed by atoms with Crippen LogP contribution in [0.25, 0.3) is 0 Å². The van der Waals surface area contributed by atoms with Crippen LogP contribution < -0.4 is 9.64 Å². The smallest absolute Gasteiger partial charge is 0.253 e. The zero-order chi connectivity index (χ0) is 17.8. The predicted molar refractivity (Wildman–Crippen MR) is 96.4 cm³/mol. The number of likely N-dealkylation sites (tertiary alicyclic amines) is 1. The van der Waals surface area contributed by atoms with E-state index in [9.17, 15) is 4.79 Å². The van der Waals surface area contributed by atoms with Gasteiger partial charge in [-0.3, -0.25) is 9.78 Å². The number of hydrogen-bond donors (Lipinski definition) is 0. The number of ether oxygens (including phenoxy) is 2. The van der Waals surface area contributed by atoms with Gasteiger partial charge in [-0.25, -0.2) is 4.98 Å². The van der Waals surface area contributed by atoms with Crippen LogP contribution in [0.5, 0.6) is 5.88 Å². The van der Waals surface area contributed by atoms with E-state index in [0.717, 1.165) is 38.4 Å². The van der Waals surface area contributed by atoms with Gasteiger partial charge in [0, 0.05) is 49.7 Å². The number of nitrogens with zero attached hydrogens (tertiary/aromatic N) is 4. The fraction of sp³-hybridized carbons (Fsp3) is 0.421. The number of morpholine rings is 1. The highest BCUT2D eigenvalue weighted by Gasteiger charge is 2.28. The zero-order valence-corrected chi connectivity index (χ0v) is 14.6. The summed E-state index contributed by atoms with van der Waals surface area (Å²) >= 11 is 0. The van der Waals surface area contributed by atoms with Crippen LogP contribution >= 0.6 is 0 Å². The van der Waals surface area contributed by atoms with Gasteiger partial charge >= 0.3 is 0 Å². The molecule has 2 aliphatic heterocycles. The SMILES string of the molecule is O=C(c1ccc(N2CCOCC2)cc1)N1CC[C@@H](Oc2cnccn2)C1. The standard InChI is InChI=1S/C19H22N4O3/c24-19(15-1-3-16(4-2-15)22-9-11-25-12-10-22)23-8-5-17(14-23)26-18-13-20-6-7-21-18/h1-4,6-7,13,17H,5,8-12,14H2/t17-/m1/s1. The van der Waals surface area contributed by atoms with E-state index in [4.69, 9.17) is 9.47 Å². The Hall–Kier alpha value is -2.67. The highest BCUT2D eigenvalue weighted by Crippen LogP contribution is 2.21. The van der Waals surface area contributed by atoms with Crippen molar-refractivity contribution in [2.75, 3.05) is 44.3 Å². The van der Waals surface area contributed by atoms with E-state index < -0.39 is 0 Å². The summed E-state index contributed by atoms with van der Waals surface area (Å²) in [5.74, 6) is 0.547. The lowest BCUT2D eigenvalue weighted by Gasteiger charge is -2.29. The van der Waals surface area contributed by atoms with E-state index in [1.165, 1.54) is 0 Å². The molecule has 0 saturated carbocycles. The minimum atomic E-state index is -0.0386. The first kappa shape index (κ1) is 16.8. The van der Waals surface area contributed by atoms with Crippen molar-refractivity contribution in [3.05, 3.63) is 48.4 Å². The number of carbonyl (C=O) groups excluding carboxylic acids is 1. The molecule has 136 valence electrons. The summed E-state index contributed by atoms with van der Waals surface area (Å²) in [6.07, 6.45) is 5.56. The Balaban J connectivity index is 1.35. The molecule has 4 rings (SSSR count). The molecule has 2 aromatic rings. The molecule has 7 heteroatoms. The van der Waals surface area contributed by atoms with Crippen LogP contribution in [-0.2, 0) is 4.74 Å². The maximum absolute atomic E-state index is 12.7. The Kier molecular flexibility index (Phi) is 4.97. The Morgan fingerprint density at radius 3 is 2.65 bits per heavy atom. The highest BCUT2D eigenvalue weighted by molar-refractivity contribution is 5.94.